The van der Waals surface area contributed by atoms with Crippen molar-refractivity contribution >= 4 is 11.8 Å². The molecule has 0 aliphatic carbocycles. The first-order chi connectivity index (χ1) is 7.08. The zero-order valence-electron chi connectivity index (χ0n) is 9.30. The molecule has 0 bridgehead atoms. The molecule has 5 nitrogen and oxygen atoms in total. The van der Waals surface area contributed by atoms with Gasteiger partial charge in [0.15, 0.2) is 0 Å². The third kappa shape index (κ3) is 4.78. The van der Waals surface area contributed by atoms with Crippen molar-refractivity contribution < 1.29 is 9.59 Å². The second-order valence-corrected chi connectivity index (χ2v) is 4.05. The van der Waals surface area contributed by atoms with E-state index in [-0.39, 0.29) is 24.4 Å². The van der Waals surface area contributed by atoms with Crippen molar-refractivity contribution in [2.45, 2.75) is 38.8 Å². The van der Waals surface area contributed by atoms with Crippen molar-refractivity contribution in [2.24, 2.45) is 0 Å². The Morgan fingerprint density at radius 1 is 1.47 bits per heavy atom. The van der Waals surface area contributed by atoms with Crippen LogP contribution in [0.4, 0.5) is 0 Å². The number of carbonyl (C=O) groups is 2. The maximum atomic E-state index is 11.4. The maximum absolute atomic E-state index is 11.4. The minimum Gasteiger partial charge on any atom is -0.352 e. The van der Waals surface area contributed by atoms with E-state index >= 15 is 0 Å². The number of rotatable bonds is 3. The standard InChI is InChI=1S/C10H19N3O2/c1-7-5-9(3-4-11-7)13-10(15)6-12-8(2)14/h7,9,11H,3-6H2,1-2H3,(H,12,14)(H,13,15). The number of carbonyl (C=O) groups excluding carboxylic acids is 2. The van der Waals surface area contributed by atoms with Gasteiger partial charge < -0.3 is 16.0 Å². The lowest BCUT2D eigenvalue weighted by molar-refractivity contribution is -0.125. The van der Waals surface area contributed by atoms with Gasteiger partial charge in [0.2, 0.25) is 11.8 Å². The fourth-order valence-electron chi connectivity index (χ4n) is 1.75. The molecule has 2 amide bonds. The SMILES string of the molecule is CC(=O)NCC(=O)NC1CCNC(C)C1. The highest BCUT2D eigenvalue weighted by atomic mass is 16.2. The Hall–Kier alpha value is -1.10. The largest absolute Gasteiger partial charge is 0.352 e. The number of nitrogens with one attached hydrogen (secondary N) is 3. The molecule has 0 saturated carbocycles. The number of piperidine rings is 1. The first kappa shape index (κ1) is 12.0. The van der Waals surface area contributed by atoms with Crippen molar-refractivity contribution in [3.63, 3.8) is 0 Å². The second kappa shape index (κ2) is 5.70. The maximum Gasteiger partial charge on any atom is 0.239 e. The Balaban J connectivity index is 2.22. The molecule has 2 atom stereocenters. The van der Waals surface area contributed by atoms with E-state index in [1.165, 1.54) is 6.92 Å². The summed E-state index contributed by atoms with van der Waals surface area (Å²) < 4.78 is 0. The van der Waals surface area contributed by atoms with Gasteiger partial charge in [-0.15, -0.1) is 0 Å². The molecule has 0 radical (unpaired) electrons. The van der Waals surface area contributed by atoms with E-state index in [2.05, 4.69) is 22.9 Å². The molecule has 3 N–H and O–H groups in total. The molecule has 1 heterocycles. The van der Waals surface area contributed by atoms with Crippen LogP contribution in [0.3, 0.4) is 0 Å². The van der Waals surface area contributed by atoms with Gasteiger partial charge in [0, 0.05) is 19.0 Å². The molecule has 1 rings (SSSR count). The van der Waals surface area contributed by atoms with Crippen molar-refractivity contribution in [3.8, 4) is 0 Å². The number of hydrogen-bond donors (Lipinski definition) is 3. The van der Waals surface area contributed by atoms with E-state index in [1.54, 1.807) is 0 Å². The van der Waals surface area contributed by atoms with Crippen LogP contribution in [0.2, 0.25) is 0 Å². The lowest BCUT2D eigenvalue weighted by Crippen LogP contribution is -2.48. The van der Waals surface area contributed by atoms with Gasteiger partial charge in [-0.1, -0.05) is 0 Å². The van der Waals surface area contributed by atoms with Gasteiger partial charge in [-0.05, 0) is 26.3 Å². The molecule has 1 fully saturated rings. The fourth-order valence-corrected chi connectivity index (χ4v) is 1.75. The Morgan fingerprint density at radius 2 is 2.20 bits per heavy atom. The fraction of sp³-hybridized carbons (Fsp3) is 0.800. The quantitative estimate of drug-likeness (QED) is 0.585. The second-order valence-electron chi connectivity index (χ2n) is 4.05. The summed E-state index contributed by atoms with van der Waals surface area (Å²) in [6.07, 6.45) is 1.90. The monoisotopic (exact) mass is 213 g/mol. The minimum absolute atomic E-state index is 0.0770. The van der Waals surface area contributed by atoms with E-state index in [0.29, 0.717) is 6.04 Å². The average Bonchev–Trinajstić information content (AvgIpc) is 2.15. The highest BCUT2D eigenvalue weighted by Gasteiger charge is 2.19. The molecule has 86 valence electrons. The Kier molecular flexibility index (Phi) is 4.55. The zero-order chi connectivity index (χ0) is 11.3. The zero-order valence-corrected chi connectivity index (χ0v) is 9.30. The molecule has 2 unspecified atom stereocenters. The summed E-state index contributed by atoms with van der Waals surface area (Å²) in [5, 5.41) is 8.70. The van der Waals surface area contributed by atoms with E-state index in [0.717, 1.165) is 19.4 Å². The van der Waals surface area contributed by atoms with E-state index in [1.807, 2.05) is 0 Å². The van der Waals surface area contributed by atoms with Crippen molar-refractivity contribution in [1.29, 1.82) is 0 Å². The minimum atomic E-state index is -0.177. The van der Waals surface area contributed by atoms with Gasteiger partial charge in [0.25, 0.3) is 0 Å². The van der Waals surface area contributed by atoms with Crippen LogP contribution >= 0.6 is 0 Å². The molecule has 1 saturated heterocycles. The van der Waals surface area contributed by atoms with Crippen molar-refractivity contribution in [2.75, 3.05) is 13.1 Å². The highest BCUT2D eigenvalue weighted by Crippen LogP contribution is 2.07. The van der Waals surface area contributed by atoms with Crippen LogP contribution in [0, 0.1) is 0 Å². The average molecular weight is 213 g/mol. The van der Waals surface area contributed by atoms with Crippen LogP contribution in [0.1, 0.15) is 26.7 Å². The summed E-state index contributed by atoms with van der Waals surface area (Å²) in [7, 11) is 0. The lowest BCUT2D eigenvalue weighted by Gasteiger charge is -2.28. The van der Waals surface area contributed by atoms with Crippen LogP contribution in [0.25, 0.3) is 0 Å². The lowest BCUT2D eigenvalue weighted by atomic mass is 10.0. The number of hydrogen-bond acceptors (Lipinski definition) is 3. The summed E-state index contributed by atoms with van der Waals surface area (Å²) in [5.74, 6) is -0.284. The van der Waals surface area contributed by atoms with Gasteiger partial charge >= 0.3 is 0 Å². The smallest absolute Gasteiger partial charge is 0.239 e. The summed E-state index contributed by atoms with van der Waals surface area (Å²) in [6.45, 7) is 4.52. The third-order valence-corrected chi connectivity index (χ3v) is 2.49. The van der Waals surface area contributed by atoms with Crippen LogP contribution in [-0.4, -0.2) is 37.0 Å². The van der Waals surface area contributed by atoms with Crippen LogP contribution in [-0.2, 0) is 9.59 Å². The third-order valence-electron chi connectivity index (χ3n) is 2.49. The summed E-state index contributed by atoms with van der Waals surface area (Å²) >= 11 is 0. The normalized spacial score (nSPS) is 25.7. The topological polar surface area (TPSA) is 70.2 Å². The van der Waals surface area contributed by atoms with Gasteiger partial charge in [0.1, 0.15) is 0 Å². The summed E-state index contributed by atoms with van der Waals surface area (Å²) in [6, 6.07) is 0.687. The summed E-state index contributed by atoms with van der Waals surface area (Å²) in [5.41, 5.74) is 0. The Morgan fingerprint density at radius 3 is 2.80 bits per heavy atom. The van der Waals surface area contributed by atoms with Crippen LogP contribution < -0.4 is 16.0 Å². The molecular formula is C10H19N3O2. The molecule has 1 aliphatic rings. The molecule has 0 aromatic carbocycles. The summed E-state index contributed by atoms with van der Waals surface area (Å²) in [4.78, 5) is 22.0. The molecule has 15 heavy (non-hydrogen) atoms. The molecule has 0 aromatic heterocycles. The molecule has 0 aromatic rings. The van der Waals surface area contributed by atoms with Crippen LogP contribution in [0.5, 0.6) is 0 Å². The molecule has 1 aliphatic heterocycles. The van der Waals surface area contributed by atoms with Crippen LogP contribution in [0.15, 0.2) is 0 Å². The van der Waals surface area contributed by atoms with Gasteiger partial charge in [-0.25, -0.2) is 0 Å². The Labute approximate surface area is 90.0 Å². The van der Waals surface area contributed by atoms with Gasteiger partial charge in [-0.3, -0.25) is 9.59 Å². The van der Waals surface area contributed by atoms with E-state index < -0.39 is 0 Å². The van der Waals surface area contributed by atoms with Crippen molar-refractivity contribution in [3.05, 3.63) is 0 Å². The van der Waals surface area contributed by atoms with Gasteiger partial charge in [0.05, 0.1) is 6.54 Å². The van der Waals surface area contributed by atoms with E-state index in [9.17, 15) is 9.59 Å². The first-order valence-electron chi connectivity index (χ1n) is 5.35. The van der Waals surface area contributed by atoms with E-state index in [4.69, 9.17) is 0 Å². The number of amides is 2. The molecular weight excluding hydrogens is 194 g/mol. The predicted molar refractivity (Wildman–Crippen MR) is 57.3 cm³/mol. The highest BCUT2D eigenvalue weighted by molar-refractivity contribution is 5.83. The first-order valence-corrected chi connectivity index (χ1v) is 5.35. The van der Waals surface area contributed by atoms with Crippen molar-refractivity contribution in [1.82, 2.24) is 16.0 Å². The predicted octanol–water partition coefficient (Wildman–Crippen LogP) is -0.621. The van der Waals surface area contributed by atoms with Gasteiger partial charge in [-0.2, -0.15) is 0 Å². The molecule has 5 heteroatoms. The molecule has 0 spiro atoms. The Bertz CT molecular complexity index is 243.